The summed E-state index contributed by atoms with van der Waals surface area (Å²) < 4.78 is 0. The molecule has 0 unspecified atom stereocenters. The Morgan fingerprint density at radius 2 is 1.94 bits per heavy atom. The minimum Gasteiger partial charge on any atom is -0.264 e. The van der Waals surface area contributed by atoms with Crippen molar-refractivity contribution in [1.82, 2.24) is 9.97 Å². The fourth-order valence-electron chi connectivity index (χ4n) is 2.61. The van der Waals surface area contributed by atoms with E-state index >= 15 is 0 Å². The van der Waals surface area contributed by atoms with Gasteiger partial charge in [0.05, 0.1) is 5.69 Å². The van der Waals surface area contributed by atoms with Crippen LogP contribution in [0, 0.1) is 6.92 Å². The Bertz CT molecular complexity index is 571. The molecule has 2 aromatic heterocycles. The topological polar surface area (TPSA) is 25.8 Å². The standard InChI is InChI=1S/C14H14N2/c1-9-7-15-8-11-12(9)13-10(14(11,2)3)5-4-6-16-13/h4-8H,1-3H3. The molecular formula is C14H14N2. The van der Waals surface area contributed by atoms with E-state index < -0.39 is 0 Å². The summed E-state index contributed by atoms with van der Waals surface area (Å²) in [4.78, 5) is 8.84. The molecule has 2 aromatic rings. The lowest BCUT2D eigenvalue weighted by Gasteiger charge is -2.20. The van der Waals surface area contributed by atoms with Gasteiger partial charge in [-0.05, 0) is 29.7 Å². The Morgan fingerprint density at radius 3 is 2.75 bits per heavy atom. The van der Waals surface area contributed by atoms with E-state index in [9.17, 15) is 0 Å². The third-order valence-corrected chi connectivity index (χ3v) is 3.53. The van der Waals surface area contributed by atoms with Gasteiger partial charge in [0.2, 0.25) is 0 Å². The molecule has 3 rings (SSSR count). The summed E-state index contributed by atoms with van der Waals surface area (Å²) in [5, 5.41) is 0. The summed E-state index contributed by atoms with van der Waals surface area (Å²) in [5.74, 6) is 0. The maximum Gasteiger partial charge on any atom is 0.0749 e. The number of fused-ring (bicyclic) bond motifs is 3. The Hall–Kier alpha value is -1.70. The van der Waals surface area contributed by atoms with Gasteiger partial charge in [-0.3, -0.25) is 9.97 Å². The SMILES string of the molecule is Cc1cncc2c1-c1ncccc1C2(C)C. The Balaban J connectivity index is 2.45. The Kier molecular flexibility index (Phi) is 1.73. The van der Waals surface area contributed by atoms with Gasteiger partial charge in [-0.15, -0.1) is 0 Å². The van der Waals surface area contributed by atoms with Crippen molar-refractivity contribution in [3.8, 4) is 11.3 Å². The number of rotatable bonds is 0. The van der Waals surface area contributed by atoms with Crippen molar-refractivity contribution >= 4 is 0 Å². The minimum atomic E-state index is 0.0257. The lowest BCUT2D eigenvalue weighted by Crippen LogP contribution is -2.15. The highest BCUT2D eigenvalue weighted by molar-refractivity contribution is 5.79. The maximum atomic E-state index is 4.53. The van der Waals surface area contributed by atoms with Crippen molar-refractivity contribution in [1.29, 1.82) is 0 Å². The molecule has 0 radical (unpaired) electrons. The van der Waals surface area contributed by atoms with Gasteiger partial charge in [-0.25, -0.2) is 0 Å². The molecule has 1 aliphatic rings. The van der Waals surface area contributed by atoms with Crippen LogP contribution in [0.5, 0.6) is 0 Å². The molecule has 0 spiro atoms. The lowest BCUT2D eigenvalue weighted by atomic mass is 9.83. The van der Waals surface area contributed by atoms with E-state index in [2.05, 4.69) is 36.8 Å². The second kappa shape index (κ2) is 2.91. The van der Waals surface area contributed by atoms with E-state index in [1.807, 2.05) is 24.7 Å². The average Bonchev–Trinajstić information content (AvgIpc) is 2.51. The predicted octanol–water partition coefficient (Wildman–Crippen LogP) is 3.09. The quantitative estimate of drug-likeness (QED) is 0.667. The van der Waals surface area contributed by atoms with Gasteiger partial charge >= 0.3 is 0 Å². The molecule has 0 bridgehead atoms. The van der Waals surface area contributed by atoms with Crippen molar-refractivity contribution in [2.24, 2.45) is 0 Å². The number of hydrogen-bond acceptors (Lipinski definition) is 2. The first kappa shape index (κ1) is 9.52. The van der Waals surface area contributed by atoms with E-state index in [4.69, 9.17) is 0 Å². The van der Waals surface area contributed by atoms with Gasteiger partial charge in [-0.1, -0.05) is 19.9 Å². The van der Waals surface area contributed by atoms with Crippen molar-refractivity contribution in [3.63, 3.8) is 0 Å². The van der Waals surface area contributed by atoms with Crippen LogP contribution in [0.15, 0.2) is 30.7 Å². The molecule has 16 heavy (non-hydrogen) atoms. The molecule has 2 heterocycles. The van der Waals surface area contributed by atoms with Crippen molar-refractivity contribution in [2.75, 3.05) is 0 Å². The van der Waals surface area contributed by atoms with Gasteiger partial charge in [0, 0.05) is 29.6 Å². The molecule has 0 amide bonds. The van der Waals surface area contributed by atoms with Crippen molar-refractivity contribution < 1.29 is 0 Å². The third kappa shape index (κ3) is 1.02. The largest absolute Gasteiger partial charge is 0.264 e. The number of nitrogens with zero attached hydrogens (tertiary/aromatic N) is 2. The second-order valence-electron chi connectivity index (χ2n) is 4.90. The highest BCUT2D eigenvalue weighted by atomic mass is 14.7. The molecule has 0 aliphatic heterocycles. The minimum absolute atomic E-state index is 0.0257. The fraction of sp³-hybridized carbons (Fsp3) is 0.286. The van der Waals surface area contributed by atoms with Crippen LogP contribution in [-0.4, -0.2) is 9.97 Å². The number of aryl methyl sites for hydroxylation is 1. The molecule has 2 heteroatoms. The van der Waals surface area contributed by atoms with Crippen LogP contribution in [0.25, 0.3) is 11.3 Å². The Labute approximate surface area is 95.4 Å². The molecule has 0 saturated heterocycles. The molecule has 0 saturated carbocycles. The first-order valence-electron chi connectivity index (χ1n) is 5.53. The Morgan fingerprint density at radius 1 is 1.12 bits per heavy atom. The number of hydrogen-bond donors (Lipinski definition) is 0. The zero-order valence-electron chi connectivity index (χ0n) is 9.78. The third-order valence-electron chi connectivity index (χ3n) is 3.53. The fourth-order valence-corrected chi connectivity index (χ4v) is 2.61. The van der Waals surface area contributed by atoms with Crippen LogP contribution in [0.3, 0.4) is 0 Å². The zero-order chi connectivity index (χ0) is 11.3. The van der Waals surface area contributed by atoms with Crippen molar-refractivity contribution in [3.05, 3.63) is 47.4 Å². The van der Waals surface area contributed by atoms with Crippen LogP contribution in [0.1, 0.15) is 30.5 Å². The van der Waals surface area contributed by atoms with Gasteiger partial charge in [0.25, 0.3) is 0 Å². The van der Waals surface area contributed by atoms with Gasteiger partial charge in [0.1, 0.15) is 0 Å². The highest BCUT2D eigenvalue weighted by Crippen LogP contribution is 2.47. The molecule has 80 valence electrons. The summed E-state index contributed by atoms with van der Waals surface area (Å²) in [5.41, 5.74) is 6.24. The second-order valence-corrected chi connectivity index (χ2v) is 4.90. The summed E-state index contributed by atoms with van der Waals surface area (Å²) in [6, 6.07) is 4.18. The van der Waals surface area contributed by atoms with Crippen LogP contribution in [0.4, 0.5) is 0 Å². The van der Waals surface area contributed by atoms with E-state index in [0.29, 0.717) is 0 Å². The normalized spacial score (nSPS) is 15.7. The van der Waals surface area contributed by atoms with Crippen LogP contribution >= 0.6 is 0 Å². The van der Waals surface area contributed by atoms with Crippen LogP contribution < -0.4 is 0 Å². The summed E-state index contributed by atoms with van der Waals surface area (Å²) in [7, 11) is 0. The van der Waals surface area contributed by atoms with E-state index in [0.717, 1.165) is 5.69 Å². The maximum absolute atomic E-state index is 4.53. The summed E-state index contributed by atoms with van der Waals surface area (Å²) in [6.45, 7) is 6.58. The number of aromatic nitrogens is 2. The molecule has 1 aliphatic carbocycles. The molecular weight excluding hydrogens is 196 g/mol. The van der Waals surface area contributed by atoms with Gasteiger partial charge < -0.3 is 0 Å². The summed E-state index contributed by atoms with van der Waals surface area (Å²) in [6.07, 6.45) is 5.76. The molecule has 0 atom stereocenters. The van der Waals surface area contributed by atoms with E-state index in [-0.39, 0.29) is 5.41 Å². The monoisotopic (exact) mass is 210 g/mol. The first-order chi connectivity index (χ1) is 7.62. The molecule has 2 nitrogen and oxygen atoms in total. The number of pyridine rings is 2. The highest BCUT2D eigenvalue weighted by Gasteiger charge is 2.37. The predicted molar refractivity (Wildman–Crippen MR) is 64.3 cm³/mol. The smallest absolute Gasteiger partial charge is 0.0749 e. The molecule has 0 aromatic carbocycles. The zero-order valence-corrected chi connectivity index (χ0v) is 9.78. The van der Waals surface area contributed by atoms with Gasteiger partial charge in [0.15, 0.2) is 0 Å². The summed E-state index contributed by atoms with van der Waals surface area (Å²) >= 11 is 0. The van der Waals surface area contributed by atoms with Crippen molar-refractivity contribution in [2.45, 2.75) is 26.2 Å². The average molecular weight is 210 g/mol. The van der Waals surface area contributed by atoms with Gasteiger partial charge in [-0.2, -0.15) is 0 Å². The lowest BCUT2D eigenvalue weighted by molar-refractivity contribution is 0.655. The van der Waals surface area contributed by atoms with Crippen LogP contribution in [0.2, 0.25) is 0 Å². The van der Waals surface area contributed by atoms with E-state index in [1.54, 1.807) is 0 Å². The first-order valence-corrected chi connectivity index (χ1v) is 5.53. The molecule has 0 N–H and O–H groups in total. The van der Waals surface area contributed by atoms with E-state index in [1.165, 1.54) is 22.3 Å². The van der Waals surface area contributed by atoms with Crippen LogP contribution in [-0.2, 0) is 5.41 Å². The molecule has 0 fully saturated rings.